The zero-order chi connectivity index (χ0) is 9.68. The highest BCUT2D eigenvalue weighted by atomic mass is 16.3. The summed E-state index contributed by atoms with van der Waals surface area (Å²) in [6.45, 7) is 3.26. The molecule has 1 atom stereocenters. The standard InChI is InChI=1S/C8H17N3O2/c9-1-2-10-3-4-11-6-7(12)5-8(11)13/h7,10,12H,1-6,9H2. The van der Waals surface area contributed by atoms with E-state index in [9.17, 15) is 4.79 Å². The van der Waals surface area contributed by atoms with Crippen LogP contribution < -0.4 is 11.1 Å². The fourth-order valence-electron chi connectivity index (χ4n) is 1.41. The van der Waals surface area contributed by atoms with E-state index < -0.39 is 6.10 Å². The molecule has 1 amide bonds. The lowest BCUT2D eigenvalue weighted by Crippen LogP contribution is -2.35. The molecule has 1 aliphatic heterocycles. The minimum absolute atomic E-state index is 0.0436. The van der Waals surface area contributed by atoms with Crippen LogP contribution in [0.15, 0.2) is 0 Å². The molecule has 1 rings (SSSR count). The van der Waals surface area contributed by atoms with Crippen molar-refractivity contribution >= 4 is 5.91 Å². The Bertz CT molecular complexity index is 175. The van der Waals surface area contributed by atoms with Crippen LogP contribution in [0.25, 0.3) is 0 Å². The van der Waals surface area contributed by atoms with Crippen LogP contribution in [-0.4, -0.2) is 54.7 Å². The normalized spacial score (nSPS) is 22.8. The molecule has 0 radical (unpaired) electrons. The van der Waals surface area contributed by atoms with E-state index in [1.807, 2.05) is 0 Å². The van der Waals surface area contributed by atoms with Crippen molar-refractivity contribution in [2.75, 3.05) is 32.7 Å². The lowest BCUT2D eigenvalue weighted by molar-refractivity contribution is -0.127. The Kier molecular flexibility index (Phi) is 4.14. The highest BCUT2D eigenvalue weighted by Crippen LogP contribution is 2.09. The molecule has 0 saturated carbocycles. The Hall–Kier alpha value is -0.650. The summed E-state index contributed by atoms with van der Waals surface area (Å²) in [6, 6.07) is 0. The number of amides is 1. The van der Waals surface area contributed by atoms with E-state index in [0.717, 1.165) is 13.1 Å². The lowest BCUT2D eigenvalue weighted by Gasteiger charge is -2.15. The summed E-state index contributed by atoms with van der Waals surface area (Å²) in [5.41, 5.74) is 5.29. The van der Waals surface area contributed by atoms with Gasteiger partial charge in [0.05, 0.1) is 12.5 Å². The Morgan fingerprint density at radius 2 is 2.38 bits per heavy atom. The van der Waals surface area contributed by atoms with Gasteiger partial charge in [-0.3, -0.25) is 4.79 Å². The highest BCUT2D eigenvalue weighted by molar-refractivity contribution is 5.78. The Morgan fingerprint density at radius 1 is 1.62 bits per heavy atom. The maximum Gasteiger partial charge on any atom is 0.225 e. The highest BCUT2D eigenvalue weighted by Gasteiger charge is 2.26. The molecule has 13 heavy (non-hydrogen) atoms. The second-order valence-corrected chi connectivity index (χ2v) is 3.24. The number of nitrogens with two attached hydrogens (primary N) is 1. The summed E-state index contributed by atoms with van der Waals surface area (Å²) in [6.07, 6.45) is -0.196. The van der Waals surface area contributed by atoms with Crippen molar-refractivity contribution in [1.82, 2.24) is 10.2 Å². The first-order valence-electron chi connectivity index (χ1n) is 4.60. The molecule has 1 fully saturated rings. The van der Waals surface area contributed by atoms with Crippen LogP contribution in [0.5, 0.6) is 0 Å². The number of β-amino-alcohol motifs (C(OH)–C–C–N with tert-alkyl or cyclic N) is 1. The first kappa shape index (κ1) is 10.4. The van der Waals surface area contributed by atoms with Crippen molar-refractivity contribution in [3.05, 3.63) is 0 Å². The SMILES string of the molecule is NCCNCCN1CC(O)CC1=O. The minimum atomic E-state index is -0.470. The Morgan fingerprint density at radius 3 is 2.92 bits per heavy atom. The molecular formula is C8H17N3O2. The molecule has 1 heterocycles. The lowest BCUT2D eigenvalue weighted by atomic mass is 10.3. The number of aliphatic hydroxyl groups is 1. The van der Waals surface area contributed by atoms with Gasteiger partial charge in [-0.2, -0.15) is 0 Å². The first-order valence-corrected chi connectivity index (χ1v) is 4.60. The van der Waals surface area contributed by atoms with Crippen LogP contribution in [0.3, 0.4) is 0 Å². The maximum atomic E-state index is 11.2. The number of nitrogens with zero attached hydrogens (tertiary/aromatic N) is 1. The fourth-order valence-corrected chi connectivity index (χ4v) is 1.41. The number of aliphatic hydroxyl groups excluding tert-OH is 1. The van der Waals surface area contributed by atoms with Crippen molar-refractivity contribution in [1.29, 1.82) is 0 Å². The van der Waals surface area contributed by atoms with Crippen LogP contribution in [0.4, 0.5) is 0 Å². The van der Waals surface area contributed by atoms with Crippen molar-refractivity contribution in [3.63, 3.8) is 0 Å². The van der Waals surface area contributed by atoms with E-state index in [1.165, 1.54) is 0 Å². The molecule has 1 unspecified atom stereocenters. The second kappa shape index (κ2) is 5.16. The first-order chi connectivity index (χ1) is 6.24. The van der Waals surface area contributed by atoms with Gasteiger partial charge in [0.25, 0.3) is 0 Å². The third-order valence-electron chi connectivity index (χ3n) is 2.07. The summed E-state index contributed by atoms with van der Waals surface area (Å²) in [5.74, 6) is 0.0436. The number of hydrogen-bond donors (Lipinski definition) is 3. The van der Waals surface area contributed by atoms with Gasteiger partial charge in [0.1, 0.15) is 0 Å². The average Bonchev–Trinajstić information content (AvgIpc) is 2.39. The molecule has 5 nitrogen and oxygen atoms in total. The van der Waals surface area contributed by atoms with Crippen molar-refractivity contribution in [2.45, 2.75) is 12.5 Å². The summed E-state index contributed by atoms with van der Waals surface area (Å²) in [4.78, 5) is 12.8. The predicted molar refractivity (Wildman–Crippen MR) is 49.1 cm³/mol. The van der Waals surface area contributed by atoms with Gasteiger partial charge >= 0.3 is 0 Å². The molecule has 0 aromatic rings. The van der Waals surface area contributed by atoms with Crippen LogP contribution in [0.1, 0.15) is 6.42 Å². The Balaban J connectivity index is 2.11. The summed E-state index contributed by atoms with van der Waals surface area (Å²) >= 11 is 0. The third-order valence-corrected chi connectivity index (χ3v) is 2.07. The zero-order valence-corrected chi connectivity index (χ0v) is 7.70. The molecular weight excluding hydrogens is 170 g/mol. The van der Waals surface area contributed by atoms with E-state index in [1.54, 1.807) is 4.90 Å². The second-order valence-electron chi connectivity index (χ2n) is 3.24. The van der Waals surface area contributed by atoms with Gasteiger partial charge in [0, 0.05) is 32.7 Å². The maximum absolute atomic E-state index is 11.2. The van der Waals surface area contributed by atoms with Crippen molar-refractivity contribution < 1.29 is 9.90 Å². The quantitative estimate of drug-likeness (QED) is 0.440. The monoisotopic (exact) mass is 187 g/mol. The van der Waals surface area contributed by atoms with Crippen molar-refractivity contribution in [3.8, 4) is 0 Å². The van der Waals surface area contributed by atoms with Gasteiger partial charge in [-0.15, -0.1) is 0 Å². The number of carbonyl (C=O) groups is 1. The van der Waals surface area contributed by atoms with E-state index in [4.69, 9.17) is 10.8 Å². The average molecular weight is 187 g/mol. The summed E-state index contributed by atoms with van der Waals surface area (Å²) < 4.78 is 0. The smallest absolute Gasteiger partial charge is 0.225 e. The molecule has 1 saturated heterocycles. The van der Waals surface area contributed by atoms with Gasteiger partial charge in [-0.05, 0) is 0 Å². The Labute approximate surface area is 77.9 Å². The topological polar surface area (TPSA) is 78.6 Å². The van der Waals surface area contributed by atoms with E-state index in [0.29, 0.717) is 19.6 Å². The van der Waals surface area contributed by atoms with Gasteiger partial charge in [0.15, 0.2) is 0 Å². The molecule has 0 spiro atoms. The van der Waals surface area contributed by atoms with Gasteiger partial charge < -0.3 is 21.1 Å². The molecule has 76 valence electrons. The number of hydrogen-bond acceptors (Lipinski definition) is 4. The van der Waals surface area contributed by atoms with Crippen molar-refractivity contribution in [2.24, 2.45) is 5.73 Å². The predicted octanol–water partition coefficient (Wildman–Crippen LogP) is -1.87. The van der Waals surface area contributed by atoms with Gasteiger partial charge in [0.2, 0.25) is 5.91 Å². The molecule has 0 aromatic carbocycles. The van der Waals surface area contributed by atoms with Crippen LogP contribution in [0, 0.1) is 0 Å². The molecule has 0 aliphatic carbocycles. The largest absolute Gasteiger partial charge is 0.391 e. The molecule has 1 aliphatic rings. The summed E-state index contributed by atoms with van der Waals surface area (Å²) in [7, 11) is 0. The minimum Gasteiger partial charge on any atom is -0.391 e. The van der Waals surface area contributed by atoms with Crippen LogP contribution >= 0.6 is 0 Å². The number of carbonyl (C=O) groups excluding carboxylic acids is 1. The molecule has 5 heteroatoms. The number of rotatable bonds is 5. The van der Waals surface area contributed by atoms with Gasteiger partial charge in [-0.25, -0.2) is 0 Å². The van der Waals surface area contributed by atoms with Crippen LogP contribution in [-0.2, 0) is 4.79 Å². The van der Waals surface area contributed by atoms with Crippen LogP contribution in [0.2, 0.25) is 0 Å². The summed E-state index contributed by atoms with van der Waals surface area (Å²) in [5, 5.41) is 12.3. The molecule has 0 aromatic heterocycles. The third kappa shape index (κ3) is 3.30. The van der Waals surface area contributed by atoms with E-state index in [2.05, 4.69) is 5.32 Å². The van der Waals surface area contributed by atoms with E-state index in [-0.39, 0.29) is 12.3 Å². The molecule has 0 bridgehead atoms. The molecule has 4 N–H and O–H groups in total. The zero-order valence-electron chi connectivity index (χ0n) is 7.70. The number of nitrogens with one attached hydrogen (secondary N) is 1. The van der Waals surface area contributed by atoms with Gasteiger partial charge in [-0.1, -0.05) is 0 Å². The van der Waals surface area contributed by atoms with E-state index >= 15 is 0 Å². The number of likely N-dealkylation sites (tertiary alicyclic amines) is 1. The fraction of sp³-hybridized carbons (Fsp3) is 0.875.